The second kappa shape index (κ2) is 5.02. The van der Waals surface area contributed by atoms with Gasteiger partial charge >= 0.3 is 0 Å². The van der Waals surface area contributed by atoms with Crippen molar-refractivity contribution < 1.29 is 13.3 Å². The molecule has 2 rings (SSSR count). The third kappa shape index (κ3) is 2.61. The summed E-state index contributed by atoms with van der Waals surface area (Å²) in [7, 11) is -2.34. The quantitative estimate of drug-likeness (QED) is 0.505. The first-order valence-electron chi connectivity index (χ1n) is 6.27. The first-order valence-corrected chi connectivity index (χ1v) is 7.71. The average molecular weight is 299 g/mol. The van der Waals surface area contributed by atoms with Crippen LogP contribution in [-0.4, -0.2) is 30.7 Å². The Bertz CT molecular complexity index is 640. The van der Waals surface area contributed by atoms with Crippen LogP contribution in [0.4, 0.5) is 11.4 Å². The molecule has 0 aromatic heterocycles. The summed E-state index contributed by atoms with van der Waals surface area (Å²) in [6.07, 6.45) is 2.01. The van der Waals surface area contributed by atoms with Crippen molar-refractivity contribution in [1.82, 2.24) is 4.31 Å². The van der Waals surface area contributed by atoms with Crippen LogP contribution in [0, 0.1) is 16.0 Å². The molecule has 1 aromatic carbocycles. The van der Waals surface area contributed by atoms with Crippen LogP contribution in [0.5, 0.6) is 0 Å². The van der Waals surface area contributed by atoms with Gasteiger partial charge < -0.3 is 5.73 Å². The third-order valence-corrected chi connectivity index (χ3v) is 5.74. The fourth-order valence-corrected chi connectivity index (χ4v) is 3.67. The zero-order valence-corrected chi connectivity index (χ0v) is 12.1. The molecule has 1 aliphatic rings. The molecule has 2 N–H and O–H groups in total. The lowest BCUT2D eigenvalue weighted by Crippen LogP contribution is -2.36. The lowest BCUT2D eigenvalue weighted by molar-refractivity contribution is -0.385. The number of nitro groups is 1. The number of rotatable bonds is 5. The number of hydrogen-bond donors (Lipinski definition) is 1. The SMILES string of the molecule is CC(C1CC1)N(C)S(=O)(=O)c1cc([N+](=O)[O-])ccc1N. The van der Waals surface area contributed by atoms with Gasteiger partial charge in [-0.05, 0) is 31.7 Å². The standard InChI is InChI=1S/C12H17N3O4S/c1-8(9-3-4-9)14(2)20(18,19)12-7-10(15(16)17)5-6-11(12)13/h5-9H,3-4,13H2,1-2H3. The third-order valence-electron chi connectivity index (χ3n) is 3.74. The summed E-state index contributed by atoms with van der Waals surface area (Å²) in [6, 6.07) is 3.32. The maximum atomic E-state index is 12.5. The van der Waals surface area contributed by atoms with Gasteiger partial charge in [0.15, 0.2) is 0 Å². The van der Waals surface area contributed by atoms with Crippen molar-refractivity contribution >= 4 is 21.4 Å². The number of nitrogen functional groups attached to an aromatic ring is 1. The van der Waals surface area contributed by atoms with Crippen LogP contribution < -0.4 is 5.73 Å². The van der Waals surface area contributed by atoms with Crippen LogP contribution in [-0.2, 0) is 10.0 Å². The summed E-state index contributed by atoms with van der Waals surface area (Å²) in [5.41, 5.74) is 5.41. The molecule has 1 aliphatic carbocycles. The van der Waals surface area contributed by atoms with E-state index in [4.69, 9.17) is 5.73 Å². The molecule has 0 saturated heterocycles. The highest BCUT2D eigenvalue weighted by Gasteiger charge is 2.37. The smallest absolute Gasteiger partial charge is 0.270 e. The zero-order chi connectivity index (χ0) is 15.1. The fraction of sp³-hybridized carbons (Fsp3) is 0.500. The van der Waals surface area contributed by atoms with Crippen LogP contribution in [0.3, 0.4) is 0 Å². The Morgan fingerprint density at radius 2 is 2.05 bits per heavy atom. The summed E-state index contributed by atoms with van der Waals surface area (Å²) >= 11 is 0. The Hall–Kier alpha value is -1.67. The van der Waals surface area contributed by atoms with Gasteiger partial charge in [-0.25, -0.2) is 8.42 Å². The van der Waals surface area contributed by atoms with E-state index in [1.54, 1.807) is 0 Å². The molecule has 0 amide bonds. The molecular weight excluding hydrogens is 282 g/mol. The predicted octanol–water partition coefficient (Wildman–Crippen LogP) is 1.60. The lowest BCUT2D eigenvalue weighted by atomic mass is 10.2. The molecule has 0 radical (unpaired) electrons. The number of non-ortho nitro benzene ring substituents is 1. The highest BCUT2D eigenvalue weighted by atomic mass is 32.2. The first-order chi connectivity index (χ1) is 9.25. The Kier molecular flexibility index (Phi) is 3.70. The van der Waals surface area contributed by atoms with Crippen molar-refractivity contribution in [2.24, 2.45) is 5.92 Å². The molecule has 1 saturated carbocycles. The molecule has 7 nitrogen and oxygen atoms in total. The molecule has 1 unspecified atom stereocenters. The fourth-order valence-electron chi connectivity index (χ4n) is 2.11. The Labute approximate surface area is 117 Å². The number of hydrogen-bond acceptors (Lipinski definition) is 5. The van der Waals surface area contributed by atoms with Gasteiger partial charge in [-0.15, -0.1) is 0 Å². The summed E-state index contributed by atoms with van der Waals surface area (Å²) in [4.78, 5) is 9.93. The van der Waals surface area contributed by atoms with Gasteiger partial charge in [-0.3, -0.25) is 10.1 Å². The molecule has 1 aromatic rings. The predicted molar refractivity (Wildman–Crippen MR) is 74.6 cm³/mol. The number of nitrogens with two attached hydrogens (primary N) is 1. The van der Waals surface area contributed by atoms with E-state index < -0.39 is 14.9 Å². The maximum Gasteiger partial charge on any atom is 0.270 e. The normalized spacial score (nSPS) is 17.1. The Morgan fingerprint density at radius 1 is 1.45 bits per heavy atom. The monoisotopic (exact) mass is 299 g/mol. The topological polar surface area (TPSA) is 107 Å². The molecule has 0 aliphatic heterocycles. The van der Waals surface area contributed by atoms with Gasteiger partial charge in [-0.2, -0.15) is 4.31 Å². The van der Waals surface area contributed by atoms with Gasteiger partial charge in [-0.1, -0.05) is 0 Å². The van der Waals surface area contributed by atoms with E-state index in [9.17, 15) is 18.5 Å². The second-order valence-electron chi connectivity index (χ2n) is 5.08. The van der Waals surface area contributed by atoms with Gasteiger partial charge in [0.25, 0.3) is 5.69 Å². The minimum absolute atomic E-state index is 0.0189. The maximum absolute atomic E-state index is 12.5. The van der Waals surface area contributed by atoms with Gasteiger partial charge in [0.05, 0.1) is 10.6 Å². The van der Waals surface area contributed by atoms with E-state index in [2.05, 4.69) is 0 Å². The van der Waals surface area contributed by atoms with Crippen LogP contribution in [0.25, 0.3) is 0 Å². The highest BCUT2D eigenvalue weighted by Crippen LogP contribution is 2.37. The van der Waals surface area contributed by atoms with Crippen molar-refractivity contribution in [3.63, 3.8) is 0 Å². The average Bonchev–Trinajstić information content (AvgIpc) is 3.21. The van der Waals surface area contributed by atoms with Crippen molar-refractivity contribution in [3.05, 3.63) is 28.3 Å². The van der Waals surface area contributed by atoms with Crippen molar-refractivity contribution in [2.75, 3.05) is 12.8 Å². The molecule has 0 bridgehead atoms. The van der Waals surface area contributed by atoms with Crippen molar-refractivity contribution in [1.29, 1.82) is 0 Å². The summed E-state index contributed by atoms with van der Waals surface area (Å²) < 4.78 is 26.3. The van der Waals surface area contributed by atoms with Gasteiger partial charge in [0.2, 0.25) is 10.0 Å². The van der Waals surface area contributed by atoms with Crippen molar-refractivity contribution in [2.45, 2.75) is 30.7 Å². The number of nitrogens with zero attached hydrogens (tertiary/aromatic N) is 2. The van der Waals surface area contributed by atoms with Gasteiger partial charge in [0, 0.05) is 25.2 Å². The molecule has 1 atom stereocenters. The Balaban J connectivity index is 2.42. The lowest BCUT2D eigenvalue weighted by Gasteiger charge is -2.24. The second-order valence-corrected chi connectivity index (χ2v) is 7.04. The van der Waals surface area contributed by atoms with Crippen LogP contribution in [0.15, 0.2) is 23.1 Å². The minimum Gasteiger partial charge on any atom is -0.398 e. The van der Waals surface area contributed by atoms with E-state index in [0.29, 0.717) is 5.92 Å². The van der Waals surface area contributed by atoms with Crippen molar-refractivity contribution in [3.8, 4) is 0 Å². The summed E-state index contributed by atoms with van der Waals surface area (Å²) in [5, 5.41) is 10.8. The molecule has 0 spiro atoms. The summed E-state index contributed by atoms with van der Waals surface area (Å²) in [6.45, 7) is 1.84. The molecule has 0 heterocycles. The highest BCUT2D eigenvalue weighted by molar-refractivity contribution is 7.89. The number of sulfonamides is 1. The number of anilines is 1. The molecule has 20 heavy (non-hydrogen) atoms. The van der Waals surface area contributed by atoms with E-state index in [-0.39, 0.29) is 22.3 Å². The number of benzene rings is 1. The van der Waals surface area contributed by atoms with E-state index in [0.717, 1.165) is 18.9 Å². The Morgan fingerprint density at radius 3 is 2.55 bits per heavy atom. The molecular formula is C12H17N3O4S. The number of nitro benzene ring substituents is 1. The molecule has 1 fully saturated rings. The van der Waals surface area contributed by atoms with Crippen LogP contribution in [0.2, 0.25) is 0 Å². The van der Waals surface area contributed by atoms with Gasteiger partial charge in [0.1, 0.15) is 4.90 Å². The summed E-state index contributed by atoms with van der Waals surface area (Å²) in [5.74, 6) is 0.356. The van der Waals surface area contributed by atoms with Crippen LogP contribution >= 0.6 is 0 Å². The van der Waals surface area contributed by atoms with E-state index >= 15 is 0 Å². The van der Waals surface area contributed by atoms with E-state index in [1.165, 1.54) is 23.5 Å². The van der Waals surface area contributed by atoms with Crippen LogP contribution in [0.1, 0.15) is 19.8 Å². The van der Waals surface area contributed by atoms with E-state index in [1.807, 2.05) is 6.92 Å². The first kappa shape index (κ1) is 14.7. The zero-order valence-electron chi connectivity index (χ0n) is 11.3. The molecule has 8 heteroatoms. The largest absolute Gasteiger partial charge is 0.398 e. The molecule has 110 valence electrons. The minimum atomic E-state index is -3.83.